The summed E-state index contributed by atoms with van der Waals surface area (Å²) in [6.07, 6.45) is 1.25. The molecule has 2 atom stereocenters. The quantitative estimate of drug-likeness (QED) is 0.403. The maximum absolute atomic E-state index is 3.67. The van der Waals surface area contributed by atoms with Gasteiger partial charge in [-0.3, -0.25) is 0 Å². The van der Waals surface area contributed by atoms with Crippen molar-refractivity contribution in [2.24, 2.45) is 0 Å². The summed E-state index contributed by atoms with van der Waals surface area (Å²) < 4.78 is 0. The highest BCUT2D eigenvalue weighted by Crippen LogP contribution is 2.65. The third-order valence-electron chi connectivity index (χ3n) is 6.17. The molecule has 1 saturated carbocycles. The Kier molecular flexibility index (Phi) is 3.42. The lowest BCUT2D eigenvalue weighted by atomic mass is 9.81. The highest BCUT2D eigenvalue weighted by Gasteiger charge is 2.47. The summed E-state index contributed by atoms with van der Waals surface area (Å²) >= 11 is 0. The molecule has 1 heteroatoms. The third-order valence-corrected chi connectivity index (χ3v) is 6.17. The predicted octanol–water partition coefficient (Wildman–Crippen LogP) is 7.35. The van der Waals surface area contributed by atoms with Crippen LogP contribution >= 0.6 is 0 Å². The topological polar surface area (TPSA) is 12.0 Å². The molecule has 1 N–H and O–H groups in total. The third kappa shape index (κ3) is 2.40. The molecule has 0 aliphatic heterocycles. The molecule has 4 aromatic rings. The van der Waals surface area contributed by atoms with Crippen LogP contribution in [0.25, 0.3) is 22.3 Å². The zero-order valence-electron chi connectivity index (χ0n) is 15.6. The summed E-state index contributed by atoms with van der Waals surface area (Å²) in [6, 6.07) is 34.8. The second kappa shape index (κ2) is 6.10. The number of rotatable bonds is 3. The number of benzene rings is 4. The van der Waals surface area contributed by atoms with E-state index in [1.165, 1.54) is 39.9 Å². The molecule has 0 heterocycles. The summed E-state index contributed by atoms with van der Waals surface area (Å²) in [4.78, 5) is 0. The first-order valence-corrected chi connectivity index (χ1v) is 10.0. The molecule has 2 unspecified atom stereocenters. The Morgan fingerprint density at radius 3 is 1.93 bits per heavy atom. The lowest BCUT2D eigenvalue weighted by Crippen LogP contribution is -2.04. The highest BCUT2D eigenvalue weighted by molar-refractivity contribution is 5.88. The number of hydrogen-bond acceptors (Lipinski definition) is 1. The Bertz CT molecular complexity index is 1160. The van der Waals surface area contributed by atoms with Gasteiger partial charge in [-0.2, -0.15) is 0 Å². The van der Waals surface area contributed by atoms with Crippen molar-refractivity contribution in [3.05, 3.63) is 108 Å². The smallest absolute Gasteiger partial charge is 0.0426 e. The molecular weight excluding hydrogens is 338 g/mol. The van der Waals surface area contributed by atoms with Gasteiger partial charge in [-0.05, 0) is 69.8 Å². The molecule has 1 fully saturated rings. The molecule has 134 valence electrons. The number of hydrogen-bond donors (Lipinski definition) is 1. The van der Waals surface area contributed by atoms with Crippen LogP contribution in [0.5, 0.6) is 0 Å². The summed E-state index contributed by atoms with van der Waals surface area (Å²) in [5, 5.41) is 3.67. The van der Waals surface area contributed by atoms with Gasteiger partial charge in [0.25, 0.3) is 0 Å². The monoisotopic (exact) mass is 359 g/mol. The Hall–Kier alpha value is -3.32. The zero-order chi connectivity index (χ0) is 18.5. The van der Waals surface area contributed by atoms with Crippen LogP contribution in [0.2, 0.25) is 0 Å². The number of anilines is 2. The van der Waals surface area contributed by atoms with Crippen molar-refractivity contribution in [1.82, 2.24) is 0 Å². The maximum Gasteiger partial charge on any atom is 0.0426 e. The molecule has 2 aliphatic carbocycles. The average molecular weight is 359 g/mol. The minimum absolute atomic E-state index is 0.625. The van der Waals surface area contributed by atoms with E-state index in [4.69, 9.17) is 0 Å². The van der Waals surface area contributed by atoms with Crippen molar-refractivity contribution in [3.63, 3.8) is 0 Å². The van der Waals surface area contributed by atoms with Crippen LogP contribution < -0.4 is 5.32 Å². The van der Waals surface area contributed by atoms with Gasteiger partial charge in [0.1, 0.15) is 0 Å². The largest absolute Gasteiger partial charge is 0.355 e. The fourth-order valence-corrected chi connectivity index (χ4v) is 4.89. The van der Waals surface area contributed by atoms with Crippen LogP contribution in [-0.4, -0.2) is 0 Å². The molecule has 0 saturated heterocycles. The Morgan fingerprint density at radius 1 is 0.536 bits per heavy atom. The molecule has 4 aromatic carbocycles. The molecule has 0 amide bonds. The van der Waals surface area contributed by atoms with Crippen LogP contribution in [0.1, 0.15) is 29.4 Å². The lowest BCUT2D eigenvalue weighted by molar-refractivity contribution is 1.01. The predicted molar refractivity (Wildman–Crippen MR) is 117 cm³/mol. The second-order valence-corrected chi connectivity index (χ2v) is 7.84. The van der Waals surface area contributed by atoms with E-state index in [-0.39, 0.29) is 0 Å². The molecule has 2 aliphatic rings. The standard InChI is InChI=1S/C27H21N/c1-3-9-18(10-4-1)20-13-7-14-21-22-15-8-16-25(28-19-11-5-2-6-12-19)27(22)24-17-23(24)26(20)21/h1-16,23-24,28H,17H2. The van der Waals surface area contributed by atoms with Crippen molar-refractivity contribution in [2.45, 2.75) is 18.3 Å². The number of fused-ring (bicyclic) bond motifs is 6. The lowest BCUT2D eigenvalue weighted by Gasteiger charge is -2.25. The van der Waals surface area contributed by atoms with Crippen LogP contribution in [0.15, 0.2) is 97.1 Å². The summed E-state index contributed by atoms with van der Waals surface area (Å²) in [6.45, 7) is 0. The first-order chi connectivity index (χ1) is 13.9. The Labute approximate surface area is 165 Å². The van der Waals surface area contributed by atoms with Crippen LogP contribution in [-0.2, 0) is 0 Å². The van der Waals surface area contributed by atoms with E-state index in [9.17, 15) is 0 Å². The van der Waals surface area contributed by atoms with E-state index in [1.54, 1.807) is 5.56 Å². The molecular formula is C27H21N. The van der Waals surface area contributed by atoms with Crippen LogP contribution in [0, 0.1) is 0 Å². The van der Waals surface area contributed by atoms with E-state index in [0.717, 1.165) is 5.69 Å². The molecule has 0 bridgehead atoms. The fraction of sp³-hybridized carbons (Fsp3) is 0.111. The van der Waals surface area contributed by atoms with Gasteiger partial charge in [0.05, 0.1) is 0 Å². The molecule has 28 heavy (non-hydrogen) atoms. The summed E-state index contributed by atoms with van der Waals surface area (Å²) in [5.74, 6) is 1.26. The number of nitrogens with one attached hydrogen (secondary N) is 1. The first-order valence-electron chi connectivity index (χ1n) is 10.0. The Balaban J connectivity index is 1.52. The normalized spacial score (nSPS) is 18.6. The SMILES string of the molecule is c1ccc(Nc2cccc3c2C2CC2c2c(-c4ccccc4)cccc2-3)cc1. The van der Waals surface area contributed by atoms with Gasteiger partial charge in [0, 0.05) is 11.4 Å². The van der Waals surface area contributed by atoms with Crippen LogP contribution in [0.3, 0.4) is 0 Å². The summed E-state index contributed by atoms with van der Waals surface area (Å²) in [7, 11) is 0. The zero-order valence-corrected chi connectivity index (χ0v) is 15.6. The van der Waals surface area contributed by atoms with E-state index in [2.05, 4.69) is 102 Å². The van der Waals surface area contributed by atoms with Crippen molar-refractivity contribution >= 4 is 11.4 Å². The van der Waals surface area contributed by atoms with E-state index in [0.29, 0.717) is 11.8 Å². The van der Waals surface area contributed by atoms with Gasteiger partial charge in [0.2, 0.25) is 0 Å². The molecule has 1 nitrogen and oxygen atoms in total. The maximum atomic E-state index is 3.67. The van der Waals surface area contributed by atoms with E-state index < -0.39 is 0 Å². The average Bonchev–Trinajstić information content (AvgIpc) is 3.56. The van der Waals surface area contributed by atoms with Crippen molar-refractivity contribution in [2.75, 3.05) is 5.32 Å². The van der Waals surface area contributed by atoms with E-state index in [1.807, 2.05) is 0 Å². The first kappa shape index (κ1) is 15.7. The number of para-hydroxylation sites is 1. The van der Waals surface area contributed by atoms with Gasteiger partial charge in [0.15, 0.2) is 0 Å². The van der Waals surface area contributed by atoms with Crippen LogP contribution in [0.4, 0.5) is 11.4 Å². The highest BCUT2D eigenvalue weighted by atomic mass is 14.9. The van der Waals surface area contributed by atoms with Gasteiger partial charge in [-0.25, -0.2) is 0 Å². The molecule has 0 aromatic heterocycles. The van der Waals surface area contributed by atoms with Crippen molar-refractivity contribution in [1.29, 1.82) is 0 Å². The van der Waals surface area contributed by atoms with Gasteiger partial charge >= 0.3 is 0 Å². The van der Waals surface area contributed by atoms with Crippen molar-refractivity contribution in [3.8, 4) is 22.3 Å². The minimum atomic E-state index is 0.625. The molecule has 0 spiro atoms. The second-order valence-electron chi connectivity index (χ2n) is 7.84. The van der Waals surface area contributed by atoms with Gasteiger partial charge < -0.3 is 5.32 Å². The molecule has 0 radical (unpaired) electrons. The molecule has 6 rings (SSSR count). The fourth-order valence-electron chi connectivity index (χ4n) is 4.89. The van der Waals surface area contributed by atoms with E-state index >= 15 is 0 Å². The van der Waals surface area contributed by atoms with Gasteiger partial charge in [-0.1, -0.05) is 78.9 Å². The minimum Gasteiger partial charge on any atom is -0.355 e. The van der Waals surface area contributed by atoms with Crippen molar-refractivity contribution < 1.29 is 0 Å². The summed E-state index contributed by atoms with van der Waals surface area (Å²) in [5.41, 5.74) is 11.0. The Morgan fingerprint density at radius 2 is 1.14 bits per heavy atom. The van der Waals surface area contributed by atoms with Gasteiger partial charge in [-0.15, -0.1) is 0 Å².